The maximum atomic E-state index is 5.49. The molecular formula is C10H16O. The molecular weight excluding hydrogens is 136 g/mol. The molecule has 0 aliphatic carbocycles. The minimum Gasteiger partial charge on any atom is -0.497 e. The SMILES string of the molecule is C/C=C\CC1=C(CC)CCO1. The molecule has 0 atom stereocenters. The molecule has 0 spiro atoms. The van der Waals surface area contributed by atoms with E-state index in [1.54, 1.807) is 0 Å². The lowest BCUT2D eigenvalue weighted by Crippen LogP contribution is -1.83. The van der Waals surface area contributed by atoms with Gasteiger partial charge in [0, 0.05) is 12.8 Å². The molecule has 1 heteroatoms. The van der Waals surface area contributed by atoms with E-state index in [2.05, 4.69) is 19.1 Å². The summed E-state index contributed by atoms with van der Waals surface area (Å²) in [6.07, 6.45) is 7.49. The van der Waals surface area contributed by atoms with Crippen LogP contribution >= 0.6 is 0 Å². The second kappa shape index (κ2) is 4.22. The van der Waals surface area contributed by atoms with Gasteiger partial charge in [0.05, 0.1) is 12.4 Å². The van der Waals surface area contributed by atoms with Gasteiger partial charge in [-0.2, -0.15) is 0 Å². The predicted octanol–water partition coefficient (Wildman–Crippen LogP) is 3.04. The zero-order chi connectivity index (χ0) is 8.10. The van der Waals surface area contributed by atoms with Gasteiger partial charge < -0.3 is 4.74 Å². The van der Waals surface area contributed by atoms with E-state index < -0.39 is 0 Å². The fraction of sp³-hybridized carbons (Fsp3) is 0.600. The molecule has 0 aromatic heterocycles. The standard InChI is InChI=1S/C10H16O/c1-3-5-6-10-9(4-2)7-8-11-10/h3,5H,4,6-8H2,1-2H3/b5-3-. The van der Waals surface area contributed by atoms with E-state index >= 15 is 0 Å². The summed E-state index contributed by atoms with van der Waals surface area (Å²) >= 11 is 0. The van der Waals surface area contributed by atoms with Crippen LogP contribution in [-0.4, -0.2) is 6.61 Å². The van der Waals surface area contributed by atoms with Crippen LogP contribution in [0.15, 0.2) is 23.5 Å². The van der Waals surface area contributed by atoms with E-state index in [1.807, 2.05) is 6.92 Å². The Balaban J connectivity index is 2.52. The van der Waals surface area contributed by atoms with E-state index in [0.717, 1.165) is 25.9 Å². The minimum absolute atomic E-state index is 0.899. The van der Waals surface area contributed by atoms with Gasteiger partial charge in [0.25, 0.3) is 0 Å². The minimum atomic E-state index is 0.899. The van der Waals surface area contributed by atoms with Gasteiger partial charge in [-0.05, 0) is 18.9 Å². The number of hydrogen-bond acceptors (Lipinski definition) is 1. The first-order valence-corrected chi connectivity index (χ1v) is 4.33. The fourth-order valence-corrected chi connectivity index (χ4v) is 1.34. The molecule has 0 aromatic rings. The highest BCUT2D eigenvalue weighted by atomic mass is 16.5. The Bertz CT molecular complexity index is 177. The largest absolute Gasteiger partial charge is 0.497 e. The zero-order valence-electron chi connectivity index (χ0n) is 7.39. The monoisotopic (exact) mass is 152 g/mol. The van der Waals surface area contributed by atoms with Gasteiger partial charge in [-0.3, -0.25) is 0 Å². The molecule has 0 radical (unpaired) electrons. The molecule has 1 aliphatic heterocycles. The van der Waals surface area contributed by atoms with Crippen molar-refractivity contribution in [3.63, 3.8) is 0 Å². The molecule has 62 valence electrons. The van der Waals surface area contributed by atoms with E-state index in [1.165, 1.54) is 11.3 Å². The average Bonchev–Trinajstić information content (AvgIpc) is 2.47. The second-order valence-electron chi connectivity index (χ2n) is 2.75. The van der Waals surface area contributed by atoms with Crippen molar-refractivity contribution in [1.29, 1.82) is 0 Å². The number of rotatable bonds is 3. The van der Waals surface area contributed by atoms with Crippen molar-refractivity contribution in [3.8, 4) is 0 Å². The number of hydrogen-bond donors (Lipinski definition) is 0. The lowest BCUT2D eigenvalue weighted by molar-refractivity contribution is 0.240. The highest BCUT2D eigenvalue weighted by molar-refractivity contribution is 5.15. The van der Waals surface area contributed by atoms with Gasteiger partial charge in [-0.15, -0.1) is 0 Å². The lowest BCUT2D eigenvalue weighted by Gasteiger charge is -2.00. The first-order chi connectivity index (χ1) is 5.38. The highest BCUT2D eigenvalue weighted by Crippen LogP contribution is 2.24. The Morgan fingerprint density at radius 1 is 1.55 bits per heavy atom. The van der Waals surface area contributed by atoms with E-state index in [0.29, 0.717) is 0 Å². The van der Waals surface area contributed by atoms with Crippen molar-refractivity contribution < 1.29 is 4.74 Å². The zero-order valence-corrected chi connectivity index (χ0v) is 7.39. The van der Waals surface area contributed by atoms with Crippen LogP contribution in [0.1, 0.15) is 33.1 Å². The molecule has 0 fully saturated rings. The Kier molecular flexibility index (Phi) is 3.21. The Labute approximate surface area is 68.8 Å². The Morgan fingerprint density at radius 3 is 3.00 bits per heavy atom. The van der Waals surface area contributed by atoms with Crippen molar-refractivity contribution in [2.24, 2.45) is 0 Å². The van der Waals surface area contributed by atoms with Crippen LogP contribution in [0.3, 0.4) is 0 Å². The Morgan fingerprint density at radius 2 is 2.36 bits per heavy atom. The smallest absolute Gasteiger partial charge is 0.0990 e. The molecule has 0 aromatic carbocycles. The number of allylic oxidation sites excluding steroid dienone is 2. The molecule has 0 unspecified atom stereocenters. The van der Waals surface area contributed by atoms with E-state index in [9.17, 15) is 0 Å². The summed E-state index contributed by atoms with van der Waals surface area (Å²) in [5.74, 6) is 1.21. The van der Waals surface area contributed by atoms with E-state index in [4.69, 9.17) is 4.74 Å². The third-order valence-electron chi connectivity index (χ3n) is 2.04. The van der Waals surface area contributed by atoms with Crippen molar-refractivity contribution in [2.75, 3.05) is 6.61 Å². The molecule has 1 nitrogen and oxygen atoms in total. The molecule has 0 amide bonds. The van der Waals surface area contributed by atoms with E-state index in [-0.39, 0.29) is 0 Å². The third kappa shape index (κ3) is 2.11. The topological polar surface area (TPSA) is 9.23 Å². The Hall–Kier alpha value is -0.720. The van der Waals surface area contributed by atoms with Gasteiger partial charge in [0.1, 0.15) is 0 Å². The maximum Gasteiger partial charge on any atom is 0.0990 e. The van der Waals surface area contributed by atoms with Crippen molar-refractivity contribution in [3.05, 3.63) is 23.5 Å². The molecule has 1 aliphatic rings. The molecule has 1 rings (SSSR count). The number of ether oxygens (including phenoxy) is 1. The van der Waals surface area contributed by atoms with Crippen LogP contribution in [0.5, 0.6) is 0 Å². The lowest BCUT2D eigenvalue weighted by atomic mass is 10.1. The summed E-state index contributed by atoms with van der Waals surface area (Å²) in [5, 5.41) is 0. The van der Waals surface area contributed by atoms with Crippen LogP contribution in [0.4, 0.5) is 0 Å². The molecule has 11 heavy (non-hydrogen) atoms. The molecule has 1 heterocycles. The second-order valence-corrected chi connectivity index (χ2v) is 2.75. The average molecular weight is 152 g/mol. The van der Waals surface area contributed by atoms with Gasteiger partial charge >= 0.3 is 0 Å². The summed E-state index contributed by atoms with van der Waals surface area (Å²) in [4.78, 5) is 0. The summed E-state index contributed by atoms with van der Waals surface area (Å²) in [6, 6.07) is 0. The van der Waals surface area contributed by atoms with Crippen molar-refractivity contribution >= 4 is 0 Å². The first-order valence-electron chi connectivity index (χ1n) is 4.33. The summed E-state index contributed by atoms with van der Waals surface area (Å²) < 4.78 is 5.49. The summed E-state index contributed by atoms with van der Waals surface area (Å²) in [7, 11) is 0. The normalized spacial score (nSPS) is 18.0. The summed E-state index contributed by atoms with van der Waals surface area (Å²) in [5.41, 5.74) is 1.50. The van der Waals surface area contributed by atoms with Crippen LogP contribution < -0.4 is 0 Å². The third-order valence-corrected chi connectivity index (χ3v) is 2.04. The predicted molar refractivity (Wildman–Crippen MR) is 47.3 cm³/mol. The van der Waals surface area contributed by atoms with Gasteiger partial charge in [-0.25, -0.2) is 0 Å². The maximum absolute atomic E-state index is 5.49. The van der Waals surface area contributed by atoms with Gasteiger partial charge in [0.2, 0.25) is 0 Å². The highest BCUT2D eigenvalue weighted by Gasteiger charge is 2.11. The fourth-order valence-electron chi connectivity index (χ4n) is 1.34. The quantitative estimate of drug-likeness (QED) is 0.565. The van der Waals surface area contributed by atoms with Crippen molar-refractivity contribution in [2.45, 2.75) is 33.1 Å². The molecule has 0 saturated carbocycles. The van der Waals surface area contributed by atoms with Crippen LogP contribution in [-0.2, 0) is 4.74 Å². The molecule has 0 saturated heterocycles. The van der Waals surface area contributed by atoms with Crippen LogP contribution in [0.25, 0.3) is 0 Å². The summed E-state index contributed by atoms with van der Waals surface area (Å²) in [6.45, 7) is 5.14. The van der Waals surface area contributed by atoms with Crippen molar-refractivity contribution in [1.82, 2.24) is 0 Å². The van der Waals surface area contributed by atoms with Crippen LogP contribution in [0.2, 0.25) is 0 Å². The molecule has 0 N–H and O–H groups in total. The van der Waals surface area contributed by atoms with Gasteiger partial charge in [-0.1, -0.05) is 19.1 Å². The first kappa shape index (κ1) is 8.38. The van der Waals surface area contributed by atoms with Crippen LogP contribution in [0, 0.1) is 0 Å². The molecule has 0 bridgehead atoms. The van der Waals surface area contributed by atoms with Gasteiger partial charge in [0.15, 0.2) is 0 Å².